The number of para-hydroxylation sites is 1. The predicted molar refractivity (Wildman–Crippen MR) is 126 cm³/mol. The SMILES string of the molecule is CCNC(=NCC(c1cccs1)N1CCOCC1)NCCOCc1ccccc1OC. The van der Waals surface area contributed by atoms with Crippen LogP contribution in [0.25, 0.3) is 0 Å². The van der Waals surface area contributed by atoms with Gasteiger partial charge in [0.15, 0.2) is 5.96 Å². The van der Waals surface area contributed by atoms with Gasteiger partial charge in [-0.05, 0) is 24.4 Å². The van der Waals surface area contributed by atoms with Gasteiger partial charge >= 0.3 is 0 Å². The molecule has 0 aliphatic carbocycles. The van der Waals surface area contributed by atoms with E-state index in [2.05, 4.69) is 40.0 Å². The first-order chi connectivity index (χ1) is 15.3. The number of rotatable bonds is 11. The van der Waals surface area contributed by atoms with Crippen LogP contribution in [0.3, 0.4) is 0 Å². The van der Waals surface area contributed by atoms with E-state index in [0.717, 1.165) is 50.1 Å². The highest BCUT2D eigenvalue weighted by atomic mass is 32.1. The Kier molecular flexibility index (Phi) is 10.1. The smallest absolute Gasteiger partial charge is 0.191 e. The van der Waals surface area contributed by atoms with Crippen LogP contribution in [0.2, 0.25) is 0 Å². The van der Waals surface area contributed by atoms with E-state index < -0.39 is 0 Å². The first-order valence-electron chi connectivity index (χ1n) is 10.9. The molecule has 1 aliphatic rings. The van der Waals surface area contributed by atoms with E-state index in [1.54, 1.807) is 18.4 Å². The number of thiophene rings is 1. The number of nitrogens with zero attached hydrogens (tertiary/aromatic N) is 2. The normalized spacial score (nSPS) is 16.1. The van der Waals surface area contributed by atoms with E-state index >= 15 is 0 Å². The molecule has 7 nitrogen and oxygen atoms in total. The monoisotopic (exact) mass is 446 g/mol. The number of benzene rings is 1. The first kappa shape index (κ1) is 23.5. The molecule has 3 rings (SSSR count). The fourth-order valence-corrected chi connectivity index (χ4v) is 4.37. The van der Waals surface area contributed by atoms with E-state index in [-0.39, 0.29) is 6.04 Å². The molecule has 0 radical (unpaired) electrons. The van der Waals surface area contributed by atoms with Crippen molar-refractivity contribution in [1.82, 2.24) is 15.5 Å². The van der Waals surface area contributed by atoms with Crippen LogP contribution in [0.4, 0.5) is 0 Å². The molecule has 1 saturated heterocycles. The highest BCUT2D eigenvalue weighted by Gasteiger charge is 2.23. The maximum Gasteiger partial charge on any atom is 0.191 e. The number of guanidine groups is 1. The molecule has 1 aromatic heterocycles. The number of nitrogens with one attached hydrogen (secondary N) is 2. The van der Waals surface area contributed by atoms with Crippen LogP contribution in [0.1, 0.15) is 23.4 Å². The molecule has 1 unspecified atom stereocenters. The van der Waals surface area contributed by atoms with Crippen LogP contribution >= 0.6 is 11.3 Å². The number of hydrogen-bond donors (Lipinski definition) is 2. The van der Waals surface area contributed by atoms with E-state index in [9.17, 15) is 0 Å². The lowest BCUT2D eigenvalue weighted by molar-refractivity contribution is 0.0186. The molecular weight excluding hydrogens is 412 g/mol. The molecule has 31 heavy (non-hydrogen) atoms. The minimum Gasteiger partial charge on any atom is -0.496 e. The molecule has 8 heteroatoms. The second-order valence-corrected chi connectivity index (χ2v) is 8.17. The van der Waals surface area contributed by atoms with Gasteiger partial charge < -0.3 is 24.8 Å². The van der Waals surface area contributed by atoms with Gasteiger partial charge in [0.2, 0.25) is 0 Å². The molecule has 2 heterocycles. The van der Waals surface area contributed by atoms with Gasteiger partial charge in [-0.15, -0.1) is 11.3 Å². The Morgan fingerprint density at radius 2 is 2.03 bits per heavy atom. The van der Waals surface area contributed by atoms with Gasteiger partial charge in [-0.25, -0.2) is 0 Å². The topological polar surface area (TPSA) is 67.4 Å². The van der Waals surface area contributed by atoms with Crippen LogP contribution in [0, 0.1) is 0 Å². The highest BCUT2D eigenvalue weighted by Crippen LogP contribution is 2.26. The average molecular weight is 447 g/mol. The summed E-state index contributed by atoms with van der Waals surface area (Å²) in [4.78, 5) is 8.69. The number of methoxy groups -OCH3 is 1. The number of ether oxygens (including phenoxy) is 3. The minimum absolute atomic E-state index is 0.279. The van der Waals surface area contributed by atoms with E-state index in [1.165, 1.54) is 4.88 Å². The van der Waals surface area contributed by atoms with Crippen molar-refractivity contribution in [3.05, 3.63) is 52.2 Å². The zero-order valence-corrected chi connectivity index (χ0v) is 19.3. The van der Waals surface area contributed by atoms with Gasteiger partial charge in [0.1, 0.15) is 5.75 Å². The lowest BCUT2D eigenvalue weighted by Crippen LogP contribution is -2.42. The third-order valence-electron chi connectivity index (χ3n) is 5.11. The maximum atomic E-state index is 5.82. The van der Waals surface area contributed by atoms with Gasteiger partial charge in [0, 0.05) is 36.6 Å². The van der Waals surface area contributed by atoms with Crippen molar-refractivity contribution in [2.75, 3.05) is 59.7 Å². The summed E-state index contributed by atoms with van der Waals surface area (Å²) in [7, 11) is 1.68. The zero-order valence-electron chi connectivity index (χ0n) is 18.5. The van der Waals surface area contributed by atoms with Gasteiger partial charge in [-0.3, -0.25) is 9.89 Å². The average Bonchev–Trinajstić information content (AvgIpc) is 3.34. The third kappa shape index (κ3) is 7.50. The van der Waals surface area contributed by atoms with Crippen LogP contribution in [-0.2, 0) is 16.1 Å². The molecule has 0 amide bonds. The summed E-state index contributed by atoms with van der Waals surface area (Å²) in [5.41, 5.74) is 1.05. The van der Waals surface area contributed by atoms with Crippen molar-refractivity contribution in [3.63, 3.8) is 0 Å². The second-order valence-electron chi connectivity index (χ2n) is 7.19. The molecule has 170 valence electrons. The van der Waals surface area contributed by atoms with E-state index in [4.69, 9.17) is 19.2 Å². The summed E-state index contributed by atoms with van der Waals surface area (Å²) in [5, 5.41) is 8.85. The summed E-state index contributed by atoms with van der Waals surface area (Å²) in [6, 6.07) is 12.5. The second kappa shape index (κ2) is 13.3. The van der Waals surface area contributed by atoms with Gasteiger partial charge in [-0.1, -0.05) is 24.3 Å². The summed E-state index contributed by atoms with van der Waals surface area (Å²) in [6.45, 7) is 8.85. The third-order valence-corrected chi connectivity index (χ3v) is 6.09. The lowest BCUT2D eigenvalue weighted by atomic mass is 10.2. The summed E-state index contributed by atoms with van der Waals surface area (Å²) >= 11 is 1.79. The first-order valence-corrected chi connectivity index (χ1v) is 11.8. The maximum absolute atomic E-state index is 5.82. The number of morpholine rings is 1. The van der Waals surface area contributed by atoms with Gasteiger partial charge in [0.05, 0.1) is 46.1 Å². The molecule has 0 spiro atoms. The van der Waals surface area contributed by atoms with Crippen molar-refractivity contribution >= 4 is 17.3 Å². The van der Waals surface area contributed by atoms with Crippen molar-refractivity contribution in [3.8, 4) is 5.75 Å². The number of hydrogen-bond acceptors (Lipinski definition) is 6. The highest BCUT2D eigenvalue weighted by molar-refractivity contribution is 7.10. The Morgan fingerprint density at radius 3 is 2.77 bits per heavy atom. The predicted octanol–water partition coefficient (Wildman–Crippen LogP) is 2.90. The molecule has 0 saturated carbocycles. The van der Waals surface area contributed by atoms with E-state index in [1.807, 2.05) is 24.3 Å². The molecule has 2 N–H and O–H groups in total. The molecule has 1 atom stereocenters. The summed E-state index contributed by atoms with van der Waals surface area (Å²) in [6.07, 6.45) is 0. The molecular formula is C23H34N4O3S. The molecule has 1 aromatic carbocycles. The zero-order chi connectivity index (χ0) is 21.7. The quantitative estimate of drug-likeness (QED) is 0.314. The fraction of sp³-hybridized carbons (Fsp3) is 0.522. The lowest BCUT2D eigenvalue weighted by Gasteiger charge is -2.33. The van der Waals surface area contributed by atoms with Crippen molar-refractivity contribution in [2.24, 2.45) is 4.99 Å². The van der Waals surface area contributed by atoms with Gasteiger partial charge in [-0.2, -0.15) is 0 Å². The van der Waals surface area contributed by atoms with Crippen LogP contribution in [0.5, 0.6) is 5.75 Å². The minimum atomic E-state index is 0.279. The summed E-state index contributed by atoms with van der Waals surface area (Å²) < 4.78 is 16.7. The molecule has 1 fully saturated rings. The Morgan fingerprint density at radius 1 is 1.19 bits per heavy atom. The van der Waals surface area contributed by atoms with Gasteiger partial charge in [0.25, 0.3) is 0 Å². The standard InChI is InChI=1S/C23H34N4O3S/c1-3-24-23(25-10-13-30-18-19-7-4-5-8-21(19)28-2)26-17-20(22-9-6-16-31-22)27-11-14-29-15-12-27/h4-9,16,20H,3,10-15,17-18H2,1-2H3,(H2,24,25,26). The molecule has 1 aliphatic heterocycles. The van der Waals surface area contributed by atoms with Crippen LogP contribution < -0.4 is 15.4 Å². The van der Waals surface area contributed by atoms with Crippen molar-refractivity contribution < 1.29 is 14.2 Å². The summed E-state index contributed by atoms with van der Waals surface area (Å²) in [5.74, 6) is 1.67. The Bertz CT molecular complexity index is 779. The largest absolute Gasteiger partial charge is 0.496 e. The Labute approximate surface area is 189 Å². The number of aliphatic imine (C=N–C) groups is 1. The van der Waals surface area contributed by atoms with Crippen LogP contribution in [0.15, 0.2) is 46.8 Å². The van der Waals surface area contributed by atoms with E-state index in [0.29, 0.717) is 26.3 Å². The van der Waals surface area contributed by atoms with Crippen LogP contribution in [-0.4, -0.2) is 70.5 Å². The molecule has 2 aromatic rings. The Balaban J connectivity index is 1.50. The van der Waals surface area contributed by atoms with Crippen molar-refractivity contribution in [2.45, 2.75) is 19.6 Å². The Hall–Kier alpha value is -2.13. The fourth-order valence-electron chi connectivity index (χ4n) is 3.52. The van der Waals surface area contributed by atoms with Crippen molar-refractivity contribution in [1.29, 1.82) is 0 Å². The molecule has 0 bridgehead atoms.